The molecule has 2 unspecified atom stereocenters. The quantitative estimate of drug-likeness (QED) is 0.520. The molecule has 0 bridgehead atoms. The third-order valence-corrected chi connectivity index (χ3v) is 2.87. The third-order valence-electron chi connectivity index (χ3n) is 2.87. The number of hydrogen-bond acceptors (Lipinski definition) is 1. The first-order valence-corrected chi connectivity index (χ1v) is 5.46. The first-order valence-electron chi connectivity index (χ1n) is 5.46. The molecule has 1 heteroatoms. The Labute approximate surface area is 87.6 Å². The zero-order chi connectivity index (χ0) is 10.4. The summed E-state index contributed by atoms with van der Waals surface area (Å²) >= 11 is 0. The van der Waals surface area contributed by atoms with Crippen LogP contribution in [0.2, 0.25) is 0 Å². The van der Waals surface area contributed by atoms with E-state index >= 15 is 0 Å². The largest absolute Gasteiger partial charge is 0.310 e. The normalized spacial score (nSPS) is 23.9. The molecular formula is C13H21N. The van der Waals surface area contributed by atoms with Gasteiger partial charge in [0.25, 0.3) is 0 Å². The Kier molecular flexibility index (Phi) is 4.68. The molecule has 0 saturated heterocycles. The van der Waals surface area contributed by atoms with Crippen molar-refractivity contribution in [2.75, 3.05) is 6.54 Å². The Morgan fingerprint density at radius 1 is 1.71 bits per heavy atom. The molecule has 0 saturated carbocycles. The summed E-state index contributed by atoms with van der Waals surface area (Å²) in [7, 11) is 0. The van der Waals surface area contributed by atoms with Gasteiger partial charge in [-0.1, -0.05) is 30.9 Å². The van der Waals surface area contributed by atoms with E-state index in [2.05, 4.69) is 44.0 Å². The third kappa shape index (κ3) is 3.15. The lowest BCUT2D eigenvalue weighted by atomic mass is 10.1. The van der Waals surface area contributed by atoms with Gasteiger partial charge in [0, 0.05) is 12.6 Å². The molecule has 1 aliphatic rings. The molecule has 0 radical (unpaired) electrons. The Hall–Kier alpha value is -0.820. The molecule has 14 heavy (non-hydrogen) atoms. The van der Waals surface area contributed by atoms with Gasteiger partial charge in [0.2, 0.25) is 0 Å². The van der Waals surface area contributed by atoms with Crippen LogP contribution in [0.1, 0.15) is 26.7 Å². The number of rotatable bonds is 5. The molecule has 1 N–H and O–H groups in total. The SMILES string of the molecule is C=C/C(=C\C)C(C)NCC1C=CCC1. The van der Waals surface area contributed by atoms with Crippen LogP contribution in [0.25, 0.3) is 0 Å². The molecule has 0 aromatic carbocycles. The summed E-state index contributed by atoms with van der Waals surface area (Å²) < 4.78 is 0. The second-order valence-electron chi connectivity index (χ2n) is 3.89. The summed E-state index contributed by atoms with van der Waals surface area (Å²) in [5.41, 5.74) is 1.28. The van der Waals surface area contributed by atoms with Crippen LogP contribution < -0.4 is 5.32 Å². The van der Waals surface area contributed by atoms with E-state index in [0.29, 0.717) is 6.04 Å². The van der Waals surface area contributed by atoms with Gasteiger partial charge in [0.05, 0.1) is 0 Å². The maximum atomic E-state index is 3.81. The molecule has 2 atom stereocenters. The van der Waals surface area contributed by atoms with Crippen LogP contribution in [0.3, 0.4) is 0 Å². The van der Waals surface area contributed by atoms with E-state index < -0.39 is 0 Å². The summed E-state index contributed by atoms with van der Waals surface area (Å²) in [4.78, 5) is 0. The van der Waals surface area contributed by atoms with Crippen molar-refractivity contribution in [2.24, 2.45) is 5.92 Å². The number of hydrogen-bond donors (Lipinski definition) is 1. The zero-order valence-electron chi connectivity index (χ0n) is 9.29. The predicted octanol–water partition coefficient (Wildman–Crippen LogP) is 3.06. The van der Waals surface area contributed by atoms with E-state index in [1.54, 1.807) is 0 Å². The van der Waals surface area contributed by atoms with Crippen LogP contribution in [0, 0.1) is 5.92 Å². The van der Waals surface area contributed by atoms with Gasteiger partial charge in [-0.05, 0) is 38.2 Å². The molecule has 0 amide bonds. The van der Waals surface area contributed by atoms with Crippen molar-refractivity contribution in [3.8, 4) is 0 Å². The van der Waals surface area contributed by atoms with Gasteiger partial charge in [-0.2, -0.15) is 0 Å². The lowest BCUT2D eigenvalue weighted by molar-refractivity contribution is 0.518. The highest BCUT2D eigenvalue weighted by molar-refractivity contribution is 5.21. The number of nitrogens with one attached hydrogen (secondary N) is 1. The van der Waals surface area contributed by atoms with Gasteiger partial charge >= 0.3 is 0 Å². The van der Waals surface area contributed by atoms with Gasteiger partial charge < -0.3 is 5.32 Å². The van der Waals surface area contributed by atoms with Crippen molar-refractivity contribution in [1.29, 1.82) is 0 Å². The summed E-state index contributed by atoms with van der Waals surface area (Å²) in [6.07, 6.45) is 11.2. The maximum absolute atomic E-state index is 3.81. The van der Waals surface area contributed by atoms with Gasteiger partial charge in [-0.15, -0.1) is 0 Å². The summed E-state index contributed by atoms with van der Waals surface area (Å²) in [5.74, 6) is 0.736. The minimum Gasteiger partial charge on any atom is -0.310 e. The number of allylic oxidation sites excluding steroid dienone is 2. The van der Waals surface area contributed by atoms with Crippen molar-refractivity contribution in [2.45, 2.75) is 32.7 Å². The highest BCUT2D eigenvalue weighted by Crippen LogP contribution is 2.16. The maximum Gasteiger partial charge on any atom is 0.0288 e. The van der Waals surface area contributed by atoms with Gasteiger partial charge in [0.15, 0.2) is 0 Å². The van der Waals surface area contributed by atoms with Gasteiger partial charge in [-0.25, -0.2) is 0 Å². The van der Waals surface area contributed by atoms with Gasteiger partial charge in [0.1, 0.15) is 0 Å². The Balaban J connectivity index is 2.29. The fourth-order valence-corrected chi connectivity index (χ4v) is 1.86. The molecule has 0 aromatic rings. The van der Waals surface area contributed by atoms with E-state index in [1.807, 2.05) is 6.08 Å². The molecular weight excluding hydrogens is 170 g/mol. The van der Waals surface area contributed by atoms with Crippen LogP contribution >= 0.6 is 0 Å². The minimum absolute atomic E-state index is 0.423. The second kappa shape index (κ2) is 5.82. The van der Waals surface area contributed by atoms with Crippen molar-refractivity contribution in [3.05, 3.63) is 36.5 Å². The Morgan fingerprint density at radius 3 is 3.00 bits per heavy atom. The van der Waals surface area contributed by atoms with Crippen molar-refractivity contribution in [3.63, 3.8) is 0 Å². The van der Waals surface area contributed by atoms with Crippen LogP contribution in [0.4, 0.5) is 0 Å². The molecule has 1 aliphatic carbocycles. The van der Waals surface area contributed by atoms with E-state index in [-0.39, 0.29) is 0 Å². The Bertz CT molecular complexity index is 238. The van der Waals surface area contributed by atoms with Crippen LogP contribution in [0.5, 0.6) is 0 Å². The topological polar surface area (TPSA) is 12.0 Å². The summed E-state index contributed by atoms with van der Waals surface area (Å²) in [6, 6.07) is 0.423. The van der Waals surface area contributed by atoms with E-state index in [1.165, 1.54) is 18.4 Å². The highest BCUT2D eigenvalue weighted by atomic mass is 14.9. The molecule has 0 aromatic heterocycles. The zero-order valence-corrected chi connectivity index (χ0v) is 9.29. The average molecular weight is 191 g/mol. The van der Waals surface area contributed by atoms with Crippen molar-refractivity contribution >= 4 is 0 Å². The predicted molar refractivity (Wildman–Crippen MR) is 63.3 cm³/mol. The molecule has 0 fully saturated rings. The average Bonchev–Trinajstić information content (AvgIpc) is 2.69. The highest BCUT2D eigenvalue weighted by Gasteiger charge is 2.11. The Morgan fingerprint density at radius 2 is 2.50 bits per heavy atom. The first kappa shape index (κ1) is 11.3. The molecule has 78 valence electrons. The molecule has 0 heterocycles. The monoisotopic (exact) mass is 191 g/mol. The molecule has 0 spiro atoms. The van der Waals surface area contributed by atoms with Crippen molar-refractivity contribution in [1.82, 2.24) is 5.32 Å². The van der Waals surface area contributed by atoms with Crippen molar-refractivity contribution < 1.29 is 0 Å². The first-order chi connectivity index (χ1) is 6.77. The smallest absolute Gasteiger partial charge is 0.0288 e. The van der Waals surface area contributed by atoms with Crippen LogP contribution in [-0.4, -0.2) is 12.6 Å². The summed E-state index contributed by atoms with van der Waals surface area (Å²) in [6.45, 7) is 9.15. The lowest BCUT2D eigenvalue weighted by Gasteiger charge is -2.17. The lowest BCUT2D eigenvalue weighted by Crippen LogP contribution is -2.31. The fourth-order valence-electron chi connectivity index (χ4n) is 1.86. The minimum atomic E-state index is 0.423. The fraction of sp³-hybridized carbons (Fsp3) is 0.538. The van der Waals surface area contributed by atoms with Crippen LogP contribution in [0.15, 0.2) is 36.5 Å². The van der Waals surface area contributed by atoms with Gasteiger partial charge in [-0.3, -0.25) is 0 Å². The molecule has 1 nitrogen and oxygen atoms in total. The van der Waals surface area contributed by atoms with E-state index in [9.17, 15) is 0 Å². The van der Waals surface area contributed by atoms with E-state index in [0.717, 1.165) is 12.5 Å². The summed E-state index contributed by atoms with van der Waals surface area (Å²) in [5, 5.41) is 3.54. The standard InChI is InChI=1S/C13H21N/c1-4-13(5-2)11(3)14-10-12-8-6-7-9-12/h4-6,8,11-12,14H,1,7,9-10H2,2-3H3/b13-5+. The molecule has 0 aliphatic heterocycles. The second-order valence-corrected chi connectivity index (χ2v) is 3.89. The van der Waals surface area contributed by atoms with Crippen LogP contribution in [-0.2, 0) is 0 Å². The molecule has 1 rings (SSSR count). The van der Waals surface area contributed by atoms with E-state index in [4.69, 9.17) is 0 Å².